The lowest BCUT2D eigenvalue weighted by molar-refractivity contribution is -0.0426. The summed E-state index contributed by atoms with van der Waals surface area (Å²) in [5, 5.41) is 0. The van der Waals surface area contributed by atoms with Gasteiger partial charge in [-0.3, -0.25) is 0 Å². The van der Waals surface area contributed by atoms with E-state index in [1.54, 1.807) is 0 Å². The number of benzene rings is 3. The molecule has 0 aliphatic carbocycles. The molecule has 0 aliphatic rings. The summed E-state index contributed by atoms with van der Waals surface area (Å²) in [5.74, 6) is 0. The summed E-state index contributed by atoms with van der Waals surface area (Å²) in [6.07, 6.45) is 8.57. The molecule has 3 aromatic carbocycles. The first kappa shape index (κ1) is 39.1. The molecule has 262 valence electrons. The third kappa shape index (κ3) is 9.84. The van der Waals surface area contributed by atoms with Crippen LogP contribution in [-0.2, 0) is 32.5 Å². The smallest absolute Gasteiger partial charge is 0.214 e. The van der Waals surface area contributed by atoms with Gasteiger partial charge in [-0.05, 0) is 71.2 Å². The van der Waals surface area contributed by atoms with Crippen molar-refractivity contribution in [3.8, 4) is 0 Å². The van der Waals surface area contributed by atoms with Crippen molar-refractivity contribution in [1.82, 2.24) is 0 Å². The molecule has 0 atom stereocenters. The normalized spacial score (nSPS) is 13.6. The van der Waals surface area contributed by atoms with Gasteiger partial charge in [0, 0.05) is 0 Å². The SMILES string of the molecule is CCCCCCc1cc(/C=C(/c2ccccc2)S(=O)(=O)C(F)(F)F)c(CCCCCC)cc1/C=C(/c1ccccc1)S(=O)(=O)C(F)(F)F. The average Bonchev–Trinajstić information content (AvgIpc) is 3.03. The maximum Gasteiger partial charge on any atom is 0.501 e. The Labute approximate surface area is 279 Å². The van der Waals surface area contributed by atoms with Crippen molar-refractivity contribution in [2.75, 3.05) is 0 Å². The van der Waals surface area contributed by atoms with Gasteiger partial charge in [0.2, 0.25) is 0 Å². The van der Waals surface area contributed by atoms with E-state index < -0.39 is 40.5 Å². The molecule has 0 saturated heterocycles. The molecular formula is C36H40F6O4S2. The summed E-state index contributed by atoms with van der Waals surface area (Å²) in [5.41, 5.74) is -10.4. The summed E-state index contributed by atoms with van der Waals surface area (Å²) < 4.78 is 135. The number of alkyl halides is 6. The zero-order chi connectivity index (χ0) is 35.6. The molecule has 4 nitrogen and oxygen atoms in total. The maximum atomic E-state index is 14.0. The first-order chi connectivity index (χ1) is 22.5. The molecule has 12 heteroatoms. The molecule has 0 saturated carbocycles. The van der Waals surface area contributed by atoms with Gasteiger partial charge < -0.3 is 0 Å². The van der Waals surface area contributed by atoms with Crippen LogP contribution in [0.25, 0.3) is 22.0 Å². The summed E-state index contributed by atoms with van der Waals surface area (Å²) in [6.45, 7) is 3.98. The zero-order valence-corrected chi connectivity index (χ0v) is 28.5. The highest BCUT2D eigenvalue weighted by Crippen LogP contribution is 2.39. The van der Waals surface area contributed by atoms with E-state index in [2.05, 4.69) is 0 Å². The van der Waals surface area contributed by atoms with Crippen molar-refractivity contribution in [3.05, 3.63) is 106 Å². The minimum atomic E-state index is -5.83. The predicted octanol–water partition coefficient (Wildman–Crippen LogP) is 10.8. The second-order valence-electron chi connectivity index (χ2n) is 11.5. The van der Waals surface area contributed by atoms with E-state index in [9.17, 15) is 43.2 Å². The van der Waals surface area contributed by atoms with Crippen LogP contribution >= 0.6 is 0 Å². The minimum absolute atomic E-state index is 0.167. The van der Waals surface area contributed by atoms with Crippen molar-refractivity contribution in [2.45, 2.75) is 89.1 Å². The first-order valence-electron chi connectivity index (χ1n) is 15.9. The monoisotopic (exact) mass is 714 g/mol. The van der Waals surface area contributed by atoms with Crippen LogP contribution in [0.5, 0.6) is 0 Å². The highest BCUT2D eigenvalue weighted by atomic mass is 32.2. The molecule has 0 amide bonds. The number of sulfone groups is 2. The molecule has 0 aliphatic heterocycles. The lowest BCUT2D eigenvalue weighted by Crippen LogP contribution is -2.24. The second kappa shape index (κ2) is 16.8. The minimum Gasteiger partial charge on any atom is -0.214 e. The lowest BCUT2D eigenvalue weighted by Gasteiger charge is -2.18. The van der Waals surface area contributed by atoms with Gasteiger partial charge in [-0.15, -0.1) is 0 Å². The van der Waals surface area contributed by atoms with E-state index in [1.165, 1.54) is 72.8 Å². The van der Waals surface area contributed by atoms with Crippen molar-refractivity contribution < 1.29 is 43.2 Å². The number of hydrogen-bond donors (Lipinski definition) is 0. The van der Waals surface area contributed by atoms with Gasteiger partial charge in [0.05, 0.1) is 9.81 Å². The molecular weight excluding hydrogens is 675 g/mol. The molecule has 0 N–H and O–H groups in total. The van der Waals surface area contributed by atoms with E-state index in [-0.39, 0.29) is 35.1 Å². The number of unbranched alkanes of at least 4 members (excludes halogenated alkanes) is 6. The summed E-state index contributed by atoms with van der Waals surface area (Å²) in [7, 11) is -11.7. The quantitative estimate of drug-likeness (QED) is 0.0841. The maximum absolute atomic E-state index is 14.0. The van der Waals surface area contributed by atoms with Crippen LogP contribution in [0.4, 0.5) is 26.3 Å². The standard InChI is InChI=1S/C36H40F6O4S2/c1-3-5-7-11-21-29-23-32(26-34(28-19-15-10-16-20-28)48(45,46)36(40,41)42)30(22-12-8-6-4-2)24-31(29)25-33(27-17-13-9-14-18-27)47(43,44)35(37,38)39/h9-10,13-20,23-26H,3-8,11-12,21-22H2,1-2H3/b33-25-,34-26-. The van der Waals surface area contributed by atoms with Gasteiger partial charge in [-0.1, -0.05) is 125 Å². The Morgan fingerprint density at radius 1 is 0.542 bits per heavy atom. The third-order valence-electron chi connectivity index (χ3n) is 7.88. The molecule has 0 heterocycles. The van der Waals surface area contributed by atoms with Gasteiger partial charge in [0.25, 0.3) is 19.7 Å². The van der Waals surface area contributed by atoms with E-state index in [0.29, 0.717) is 24.0 Å². The number of hydrogen-bond acceptors (Lipinski definition) is 4. The van der Waals surface area contributed by atoms with E-state index >= 15 is 0 Å². The fourth-order valence-electron chi connectivity index (χ4n) is 5.28. The number of halogens is 6. The average molecular weight is 715 g/mol. The number of rotatable bonds is 16. The van der Waals surface area contributed by atoms with Crippen molar-refractivity contribution in [2.24, 2.45) is 0 Å². The van der Waals surface area contributed by atoms with Gasteiger partial charge in [-0.25, -0.2) is 16.8 Å². The lowest BCUT2D eigenvalue weighted by atomic mass is 9.91. The molecule has 0 fully saturated rings. The Bertz CT molecular complexity index is 1640. The summed E-state index contributed by atoms with van der Waals surface area (Å²) >= 11 is 0. The largest absolute Gasteiger partial charge is 0.501 e. The summed E-state index contributed by atoms with van der Waals surface area (Å²) in [6, 6.07) is 16.7. The van der Waals surface area contributed by atoms with Gasteiger partial charge in [0.1, 0.15) is 0 Å². The summed E-state index contributed by atoms with van der Waals surface area (Å²) in [4.78, 5) is -1.93. The highest BCUT2D eigenvalue weighted by Gasteiger charge is 2.49. The van der Waals surface area contributed by atoms with Gasteiger partial charge in [-0.2, -0.15) is 26.3 Å². The van der Waals surface area contributed by atoms with Crippen LogP contribution in [0.3, 0.4) is 0 Å². The third-order valence-corrected chi connectivity index (χ3v) is 11.0. The van der Waals surface area contributed by atoms with E-state index in [1.807, 2.05) is 13.8 Å². The molecule has 3 rings (SSSR count). The molecule has 0 bridgehead atoms. The Morgan fingerprint density at radius 2 is 0.875 bits per heavy atom. The van der Waals surface area contributed by atoms with Crippen LogP contribution in [0.2, 0.25) is 0 Å². The van der Waals surface area contributed by atoms with Gasteiger partial charge >= 0.3 is 11.0 Å². The molecule has 3 aromatic rings. The van der Waals surface area contributed by atoms with Crippen molar-refractivity contribution in [1.29, 1.82) is 0 Å². The van der Waals surface area contributed by atoms with Crippen LogP contribution in [0.15, 0.2) is 72.8 Å². The predicted molar refractivity (Wildman–Crippen MR) is 181 cm³/mol. The molecule has 0 unspecified atom stereocenters. The Balaban J connectivity index is 2.42. The first-order valence-corrected chi connectivity index (χ1v) is 18.8. The van der Waals surface area contributed by atoms with Crippen LogP contribution < -0.4 is 0 Å². The van der Waals surface area contributed by atoms with Crippen molar-refractivity contribution in [3.63, 3.8) is 0 Å². The fourth-order valence-corrected chi connectivity index (χ4v) is 7.24. The Hall–Kier alpha value is -3.38. The number of aryl methyl sites for hydroxylation is 2. The second-order valence-corrected chi connectivity index (χ2v) is 15.3. The van der Waals surface area contributed by atoms with Crippen LogP contribution in [0.1, 0.15) is 98.6 Å². The van der Waals surface area contributed by atoms with Crippen LogP contribution in [-0.4, -0.2) is 27.9 Å². The molecule has 48 heavy (non-hydrogen) atoms. The molecule has 0 aromatic heterocycles. The molecule has 0 spiro atoms. The van der Waals surface area contributed by atoms with Crippen LogP contribution in [0, 0.1) is 0 Å². The Morgan fingerprint density at radius 3 is 1.17 bits per heavy atom. The molecule has 0 radical (unpaired) electrons. The van der Waals surface area contributed by atoms with Gasteiger partial charge in [0.15, 0.2) is 0 Å². The highest BCUT2D eigenvalue weighted by molar-refractivity contribution is 8.02. The fraction of sp³-hybridized carbons (Fsp3) is 0.389. The zero-order valence-electron chi connectivity index (χ0n) is 26.9. The van der Waals surface area contributed by atoms with E-state index in [4.69, 9.17) is 0 Å². The Kier molecular flexibility index (Phi) is 13.7. The topological polar surface area (TPSA) is 68.3 Å². The van der Waals surface area contributed by atoms with E-state index in [0.717, 1.165) is 50.7 Å². The van der Waals surface area contributed by atoms with Crippen molar-refractivity contribution >= 4 is 41.6 Å².